The summed E-state index contributed by atoms with van der Waals surface area (Å²) in [6.45, 7) is 1.76. The van der Waals surface area contributed by atoms with Gasteiger partial charge in [-0.15, -0.1) is 0 Å². The van der Waals surface area contributed by atoms with Crippen LogP contribution in [-0.2, 0) is 11.3 Å². The van der Waals surface area contributed by atoms with Gasteiger partial charge in [-0.25, -0.2) is 4.79 Å². The number of amides is 2. The summed E-state index contributed by atoms with van der Waals surface area (Å²) < 4.78 is 5.80. The van der Waals surface area contributed by atoms with Crippen molar-refractivity contribution < 1.29 is 9.53 Å². The topological polar surface area (TPSA) is 55.6 Å². The maximum absolute atomic E-state index is 10.9. The predicted octanol–water partition coefficient (Wildman–Crippen LogP) is 2.12. The Bertz CT molecular complexity index is 601. The summed E-state index contributed by atoms with van der Waals surface area (Å²) in [4.78, 5) is 12.4. The summed E-state index contributed by atoms with van der Waals surface area (Å²) in [6.07, 6.45) is 0.103. The molecule has 0 spiro atoms. The Morgan fingerprint density at radius 2 is 1.95 bits per heavy atom. The molecule has 19 heavy (non-hydrogen) atoms. The SMILES string of the molecule is NC(=O)N1CC(OCc2cccc3ccccc23)C1. The normalized spacial score (nSPS) is 15.5. The highest BCUT2D eigenvalue weighted by Gasteiger charge is 2.29. The van der Waals surface area contributed by atoms with E-state index in [1.165, 1.54) is 16.3 Å². The van der Waals surface area contributed by atoms with E-state index < -0.39 is 0 Å². The van der Waals surface area contributed by atoms with Crippen molar-refractivity contribution in [1.29, 1.82) is 0 Å². The van der Waals surface area contributed by atoms with Crippen LogP contribution in [0.3, 0.4) is 0 Å². The number of carbonyl (C=O) groups is 1. The van der Waals surface area contributed by atoms with E-state index >= 15 is 0 Å². The number of urea groups is 1. The number of hydrogen-bond acceptors (Lipinski definition) is 2. The largest absolute Gasteiger partial charge is 0.370 e. The number of fused-ring (bicyclic) bond motifs is 1. The highest BCUT2D eigenvalue weighted by atomic mass is 16.5. The van der Waals surface area contributed by atoms with Crippen molar-refractivity contribution in [3.05, 3.63) is 48.0 Å². The molecule has 1 saturated heterocycles. The minimum Gasteiger partial charge on any atom is -0.370 e. The highest BCUT2D eigenvalue weighted by Crippen LogP contribution is 2.21. The number of likely N-dealkylation sites (tertiary alicyclic amines) is 1. The van der Waals surface area contributed by atoms with Crippen LogP contribution in [0.2, 0.25) is 0 Å². The molecule has 1 heterocycles. The first-order chi connectivity index (χ1) is 9.24. The van der Waals surface area contributed by atoms with Crippen molar-refractivity contribution in [3.63, 3.8) is 0 Å². The van der Waals surface area contributed by atoms with E-state index in [1.807, 2.05) is 18.2 Å². The van der Waals surface area contributed by atoms with Crippen LogP contribution in [0, 0.1) is 0 Å². The van der Waals surface area contributed by atoms with E-state index in [4.69, 9.17) is 10.5 Å². The summed E-state index contributed by atoms with van der Waals surface area (Å²) >= 11 is 0. The van der Waals surface area contributed by atoms with Crippen LogP contribution in [0.25, 0.3) is 10.8 Å². The molecule has 2 amide bonds. The van der Waals surface area contributed by atoms with Gasteiger partial charge < -0.3 is 15.4 Å². The zero-order valence-corrected chi connectivity index (χ0v) is 10.6. The Hall–Kier alpha value is -2.07. The number of nitrogens with zero attached hydrogens (tertiary/aromatic N) is 1. The van der Waals surface area contributed by atoms with Gasteiger partial charge in [0.1, 0.15) is 0 Å². The Labute approximate surface area is 111 Å². The van der Waals surface area contributed by atoms with E-state index in [0.717, 1.165) is 0 Å². The Morgan fingerprint density at radius 1 is 1.21 bits per heavy atom. The minimum absolute atomic E-state index is 0.103. The lowest BCUT2D eigenvalue weighted by Gasteiger charge is -2.37. The van der Waals surface area contributed by atoms with E-state index in [-0.39, 0.29) is 12.1 Å². The molecule has 0 atom stereocenters. The van der Waals surface area contributed by atoms with Crippen LogP contribution in [0.1, 0.15) is 5.56 Å². The van der Waals surface area contributed by atoms with Gasteiger partial charge in [0, 0.05) is 0 Å². The van der Waals surface area contributed by atoms with Gasteiger partial charge in [0.25, 0.3) is 0 Å². The van der Waals surface area contributed by atoms with Crippen molar-refractivity contribution >= 4 is 16.8 Å². The molecule has 3 rings (SSSR count). The second-order valence-electron chi connectivity index (χ2n) is 4.81. The van der Waals surface area contributed by atoms with Gasteiger partial charge in [-0.2, -0.15) is 0 Å². The zero-order chi connectivity index (χ0) is 13.2. The molecule has 98 valence electrons. The maximum atomic E-state index is 10.9. The van der Waals surface area contributed by atoms with E-state index in [1.54, 1.807) is 4.90 Å². The van der Waals surface area contributed by atoms with Crippen molar-refractivity contribution in [3.8, 4) is 0 Å². The second-order valence-corrected chi connectivity index (χ2v) is 4.81. The van der Waals surface area contributed by atoms with Gasteiger partial charge in [0.05, 0.1) is 25.8 Å². The van der Waals surface area contributed by atoms with Gasteiger partial charge in [-0.05, 0) is 16.3 Å². The van der Waals surface area contributed by atoms with Crippen molar-refractivity contribution in [2.45, 2.75) is 12.7 Å². The number of hydrogen-bond donors (Lipinski definition) is 1. The molecule has 4 heteroatoms. The monoisotopic (exact) mass is 256 g/mol. The fourth-order valence-electron chi connectivity index (χ4n) is 2.35. The second kappa shape index (κ2) is 4.90. The van der Waals surface area contributed by atoms with Gasteiger partial charge in [-0.1, -0.05) is 42.5 Å². The van der Waals surface area contributed by atoms with Crippen LogP contribution < -0.4 is 5.73 Å². The van der Waals surface area contributed by atoms with E-state index in [9.17, 15) is 4.79 Å². The third kappa shape index (κ3) is 2.39. The molecular formula is C15H16N2O2. The van der Waals surface area contributed by atoms with E-state index in [2.05, 4.69) is 24.3 Å². The summed E-state index contributed by atoms with van der Waals surface area (Å²) in [5, 5.41) is 2.44. The number of ether oxygens (including phenoxy) is 1. The lowest BCUT2D eigenvalue weighted by atomic mass is 10.1. The molecule has 1 aliphatic rings. The molecule has 0 aromatic heterocycles. The smallest absolute Gasteiger partial charge is 0.314 e. The molecule has 2 aromatic carbocycles. The molecule has 0 aliphatic carbocycles. The van der Waals surface area contributed by atoms with Crippen LogP contribution in [0.5, 0.6) is 0 Å². The molecule has 0 unspecified atom stereocenters. The summed E-state index contributed by atoms with van der Waals surface area (Å²) in [7, 11) is 0. The quantitative estimate of drug-likeness (QED) is 0.914. The molecular weight excluding hydrogens is 240 g/mol. The predicted molar refractivity (Wildman–Crippen MR) is 73.7 cm³/mol. The molecule has 2 aromatic rings. The third-order valence-electron chi connectivity index (χ3n) is 3.51. The first-order valence-corrected chi connectivity index (χ1v) is 6.36. The number of carbonyl (C=O) groups excluding carboxylic acids is 1. The molecule has 0 radical (unpaired) electrons. The number of benzene rings is 2. The minimum atomic E-state index is -0.370. The van der Waals surface area contributed by atoms with Gasteiger partial charge in [-0.3, -0.25) is 0 Å². The van der Waals surface area contributed by atoms with Crippen molar-refractivity contribution in [1.82, 2.24) is 4.90 Å². The summed E-state index contributed by atoms with van der Waals surface area (Å²) in [5.74, 6) is 0. The maximum Gasteiger partial charge on any atom is 0.314 e. The van der Waals surface area contributed by atoms with Gasteiger partial charge >= 0.3 is 6.03 Å². The van der Waals surface area contributed by atoms with Crippen LogP contribution in [0.4, 0.5) is 4.79 Å². The summed E-state index contributed by atoms with van der Waals surface area (Å²) in [5.41, 5.74) is 6.35. The number of nitrogens with two attached hydrogens (primary N) is 1. The van der Waals surface area contributed by atoms with Crippen molar-refractivity contribution in [2.24, 2.45) is 5.73 Å². The summed E-state index contributed by atoms with van der Waals surface area (Å²) in [6, 6.07) is 14.1. The highest BCUT2D eigenvalue weighted by molar-refractivity contribution is 5.85. The zero-order valence-electron chi connectivity index (χ0n) is 10.6. The van der Waals surface area contributed by atoms with E-state index in [0.29, 0.717) is 19.7 Å². The molecule has 2 N–H and O–H groups in total. The molecule has 0 bridgehead atoms. The van der Waals surface area contributed by atoms with Gasteiger partial charge in [0.15, 0.2) is 0 Å². The standard InChI is InChI=1S/C15H16N2O2/c16-15(18)17-8-13(9-17)19-10-12-6-3-5-11-4-1-2-7-14(11)12/h1-7,13H,8-10H2,(H2,16,18). The fraction of sp³-hybridized carbons (Fsp3) is 0.267. The lowest BCUT2D eigenvalue weighted by Crippen LogP contribution is -2.56. The Morgan fingerprint density at radius 3 is 2.74 bits per heavy atom. The Kier molecular flexibility index (Phi) is 3.09. The molecule has 1 fully saturated rings. The molecule has 4 nitrogen and oxygen atoms in total. The fourth-order valence-corrected chi connectivity index (χ4v) is 2.35. The molecule has 0 saturated carbocycles. The van der Waals surface area contributed by atoms with Crippen LogP contribution in [0.15, 0.2) is 42.5 Å². The average Bonchev–Trinajstić information content (AvgIpc) is 2.36. The first-order valence-electron chi connectivity index (χ1n) is 6.36. The van der Waals surface area contributed by atoms with Crippen molar-refractivity contribution in [2.75, 3.05) is 13.1 Å². The van der Waals surface area contributed by atoms with Gasteiger partial charge in [0.2, 0.25) is 0 Å². The molecule has 1 aliphatic heterocycles. The lowest BCUT2D eigenvalue weighted by molar-refractivity contribution is -0.0424. The average molecular weight is 256 g/mol. The Balaban J connectivity index is 1.65. The number of primary amides is 1. The van der Waals surface area contributed by atoms with Crippen LogP contribution >= 0.6 is 0 Å². The van der Waals surface area contributed by atoms with Crippen LogP contribution in [-0.4, -0.2) is 30.1 Å². The number of rotatable bonds is 3. The third-order valence-corrected chi connectivity index (χ3v) is 3.51. The first kappa shape index (κ1) is 12.0.